The summed E-state index contributed by atoms with van der Waals surface area (Å²) in [5.41, 5.74) is 1.33. The van der Waals surface area contributed by atoms with Gasteiger partial charge < -0.3 is 15.4 Å². The van der Waals surface area contributed by atoms with Gasteiger partial charge in [0.15, 0.2) is 0 Å². The smallest absolute Gasteiger partial charge is 0.411 e. The largest absolute Gasteiger partial charge is 0.453 e. The van der Waals surface area contributed by atoms with Crippen molar-refractivity contribution in [1.29, 1.82) is 0 Å². The Bertz CT molecular complexity index is 487. The van der Waals surface area contributed by atoms with Crippen molar-refractivity contribution < 1.29 is 14.3 Å². The van der Waals surface area contributed by atoms with Gasteiger partial charge in [0.05, 0.1) is 13.0 Å². The Balaban J connectivity index is 1.93. The maximum Gasteiger partial charge on any atom is 0.411 e. The molecule has 1 fully saturated rings. The van der Waals surface area contributed by atoms with Gasteiger partial charge in [0.25, 0.3) is 0 Å². The van der Waals surface area contributed by atoms with Gasteiger partial charge >= 0.3 is 6.09 Å². The fraction of sp³-hybridized carbons (Fsp3) is 0.429. The molecule has 2 unspecified atom stereocenters. The molecule has 0 radical (unpaired) electrons. The molecule has 6 nitrogen and oxygen atoms in total. The number of methoxy groups -OCH3 is 1. The second kappa shape index (κ2) is 6.38. The predicted octanol–water partition coefficient (Wildman–Crippen LogP) is 1.80. The van der Waals surface area contributed by atoms with Crippen LogP contribution in [0.5, 0.6) is 0 Å². The van der Waals surface area contributed by atoms with Crippen LogP contribution in [0.3, 0.4) is 0 Å². The minimum absolute atomic E-state index is 0.00266. The van der Waals surface area contributed by atoms with Crippen LogP contribution in [0.4, 0.5) is 16.2 Å². The Hall–Kier alpha value is -2.08. The Kier molecular flexibility index (Phi) is 4.57. The molecule has 0 aliphatic carbocycles. The Morgan fingerprint density at radius 3 is 2.30 bits per heavy atom. The molecule has 1 aromatic carbocycles. The summed E-state index contributed by atoms with van der Waals surface area (Å²) in [5.74, 6) is 0.0269. The lowest BCUT2D eigenvalue weighted by Crippen LogP contribution is -2.32. The first-order chi connectivity index (χ1) is 9.60. The quantitative estimate of drug-likeness (QED) is 0.787. The first-order valence-electron chi connectivity index (χ1n) is 6.59. The van der Waals surface area contributed by atoms with Crippen LogP contribution in [0.15, 0.2) is 24.3 Å². The number of amides is 2. The molecule has 1 heterocycles. The summed E-state index contributed by atoms with van der Waals surface area (Å²) in [6, 6.07) is 7.12. The van der Waals surface area contributed by atoms with E-state index in [2.05, 4.69) is 20.7 Å². The Labute approximate surface area is 117 Å². The lowest BCUT2D eigenvalue weighted by molar-refractivity contribution is -0.120. The fourth-order valence-electron chi connectivity index (χ4n) is 2.26. The summed E-state index contributed by atoms with van der Waals surface area (Å²) < 4.78 is 4.50. The number of ether oxygens (including phenoxy) is 1. The molecule has 20 heavy (non-hydrogen) atoms. The van der Waals surface area contributed by atoms with E-state index >= 15 is 0 Å². The van der Waals surface area contributed by atoms with E-state index in [1.165, 1.54) is 7.11 Å². The first kappa shape index (κ1) is 14.3. The van der Waals surface area contributed by atoms with E-state index in [4.69, 9.17) is 0 Å². The molecule has 1 saturated heterocycles. The highest BCUT2D eigenvalue weighted by Crippen LogP contribution is 2.19. The molecular weight excluding hydrogens is 258 g/mol. The third-order valence-electron chi connectivity index (χ3n) is 3.45. The van der Waals surface area contributed by atoms with Crippen LogP contribution in [0.2, 0.25) is 0 Å². The number of hydrogen-bond donors (Lipinski definition) is 3. The SMILES string of the molecule is COC(=O)Nc1ccc(NC(=O)C2CCNC2C)cc1. The van der Waals surface area contributed by atoms with E-state index in [9.17, 15) is 9.59 Å². The molecule has 0 bridgehead atoms. The Morgan fingerprint density at radius 2 is 1.80 bits per heavy atom. The second-order valence-electron chi connectivity index (χ2n) is 4.82. The van der Waals surface area contributed by atoms with Gasteiger partial charge in [-0.3, -0.25) is 10.1 Å². The topological polar surface area (TPSA) is 79.5 Å². The average molecular weight is 277 g/mol. The van der Waals surface area contributed by atoms with Gasteiger partial charge in [-0.05, 0) is 44.2 Å². The molecule has 1 aliphatic heterocycles. The molecule has 0 spiro atoms. The van der Waals surface area contributed by atoms with Gasteiger partial charge in [-0.1, -0.05) is 0 Å². The number of carbonyl (C=O) groups is 2. The summed E-state index contributed by atoms with van der Waals surface area (Å²) >= 11 is 0. The first-order valence-corrected chi connectivity index (χ1v) is 6.59. The minimum atomic E-state index is -0.521. The number of anilines is 2. The van der Waals surface area contributed by atoms with Crippen molar-refractivity contribution in [2.45, 2.75) is 19.4 Å². The summed E-state index contributed by atoms with van der Waals surface area (Å²) in [6.07, 6.45) is 0.335. The zero-order valence-corrected chi connectivity index (χ0v) is 11.6. The van der Waals surface area contributed by atoms with E-state index in [0.29, 0.717) is 11.4 Å². The van der Waals surface area contributed by atoms with Crippen molar-refractivity contribution in [3.05, 3.63) is 24.3 Å². The lowest BCUT2D eigenvalue weighted by atomic mass is 10.0. The zero-order chi connectivity index (χ0) is 14.5. The summed E-state index contributed by atoms with van der Waals surface area (Å²) in [5, 5.41) is 8.69. The molecule has 6 heteroatoms. The second-order valence-corrected chi connectivity index (χ2v) is 4.82. The molecule has 2 amide bonds. The standard InChI is InChI=1S/C14H19N3O3/c1-9-12(7-8-15-9)13(18)16-10-3-5-11(6-4-10)17-14(19)20-2/h3-6,9,12,15H,7-8H2,1-2H3,(H,16,18)(H,17,19). The third-order valence-corrected chi connectivity index (χ3v) is 3.45. The highest BCUT2D eigenvalue weighted by molar-refractivity contribution is 5.93. The molecule has 2 rings (SSSR count). The number of benzene rings is 1. The monoisotopic (exact) mass is 277 g/mol. The summed E-state index contributed by atoms with van der Waals surface area (Å²) in [6.45, 7) is 2.89. The zero-order valence-electron chi connectivity index (χ0n) is 11.6. The van der Waals surface area contributed by atoms with Crippen LogP contribution >= 0.6 is 0 Å². The molecule has 108 valence electrons. The van der Waals surface area contributed by atoms with Crippen molar-refractivity contribution in [2.75, 3.05) is 24.3 Å². The van der Waals surface area contributed by atoms with Crippen molar-refractivity contribution in [3.8, 4) is 0 Å². The lowest BCUT2D eigenvalue weighted by Gasteiger charge is -2.15. The highest BCUT2D eigenvalue weighted by atomic mass is 16.5. The highest BCUT2D eigenvalue weighted by Gasteiger charge is 2.29. The van der Waals surface area contributed by atoms with Crippen molar-refractivity contribution in [2.24, 2.45) is 5.92 Å². The molecule has 2 atom stereocenters. The molecule has 0 aromatic heterocycles. The summed E-state index contributed by atoms with van der Waals surface area (Å²) in [7, 11) is 1.31. The minimum Gasteiger partial charge on any atom is -0.453 e. The maximum atomic E-state index is 12.1. The van der Waals surface area contributed by atoms with Crippen LogP contribution in [0.25, 0.3) is 0 Å². The van der Waals surface area contributed by atoms with Gasteiger partial charge in [-0.25, -0.2) is 4.79 Å². The predicted molar refractivity (Wildman–Crippen MR) is 76.7 cm³/mol. The number of rotatable bonds is 3. The van der Waals surface area contributed by atoms with Crippen molar-refractivity contribution in [3.63, 3.8) is 0 Å². The fourth-order valence-corrected chi connectivity index (χ4v) is 2.26. The van der Waals surface area contributed by atoms with Crippen molar-refractivity contribution in [1.82, 2.24) is 5.32 Å². The molecular formula is C14H19N3O3. The molecule has 3 N–H and O–H groups in total. The number of carbonyl (C=O) groups excluding carboxylic acids is 2. The van der Waals surface area contributed by atoms with Crippen LogP contribution in [-0.2, 0) is 9.53 Å². The van der Waals surface area contributed by atoms with Gasteiger partial charge in [-0.15, -0.1) is 0 Å². The van der Waals surface area contributed by atoms with E-state index in [1.54, 1.807) is 24.3 Å². The number of hydrogen-bond acceptors (Lipinski definition) is 4. The molecule has 1 aliphatic rings. The van der Waals surface area contributed by atoms with Crippen LogP contribution in [0, 0.1) is 5.92 Å². The van der Waals surface area contributed by atoms with E-state index < -0.39 is 6.09 Å². The van der Waals surface area contributed by atoms with E-state index in [-0.39, 0.29) is 17.9 Å². The van der Waals surface area contributed by atoms with Crippen LogP contribution in [0.1, 0.15) is 13.3 Å². The molecule has 1 aromatic rings. The van der Waals surface area contributed by atoms with Gasteiger partial charge in [0, 0.05) is 17.4 Å². The van der Waals surface area contributed by atoms with E-state index in [0.717, 1.165) is 13.0 Å². The average Bonchev–Trinajstić information content (AvgIpc) is 2.87. The van der Waals surface area contributed by atoms with Gasteiger partial charge in [0.1, 0.15) is 0 Å². The normalized spacial score (nSPS) is 21.3. The van der Waals surface area contributed by atoms with Gasteiger partial charge in [0.2, 0.25) is 5.91 Å². The third kappa shape index (κ3) is 3.48. The van der Waals surface area contributed by atoms with Crippen LogP contribution < -0.4 is 16.0 Å². The Morgan fingerprint density at radius 1 is 1.20 bits per heavy atom. The number of nitrogens with one attached hydrogen (secondary N) is 3. The maximum absolute atomic E-state index is 12.1. The van der Waals surface area contributed by atoms with Crippen molar-refractivity contribution >= 4 is 23.4 Å². The van der Waals surface area contributed by atoms with Gasteiger partial charge in [-0.2, -0.15) is 0 Å². The molecule has 0 saturated carbocycles. The van der Waals surface area contributed by atoms with E-state index in [1.807, 2.05) is 6.92 Å². The summed E-state index contributed by atoms with van der Waals surface area (Å²) in [4.78, 5) is 23.1. The van der Waals surface area contributed by atoms with Crippen LogP contribution in [-0.4, -0.2) is 31.7 Å².